The second kappa shape index (κ2) is 25.5. The minimum atomic E-state index is -4.66. The van der Waals surface area contributed by atoms with Crippen LogP contribution in [0.2, 0.25) is 0 Å². The molecule has 0 radical (unpaired) electrons. The van der Waals surface area contributed by atoms with Gasteiger partial charge < -0.3 is 9.29 Å². The van der Waals surface area contributed by atoms with Crippen molar-refractivity contribution in [2.45, 2.75) is 154 Å². The molecule has 0 aliphatic rings. The fraction of sp³-hybridized carbons (Fsp3) is 0.962. The third-order valence-corrected chi connectivity index (χ3v) is 7.30. The van der Waals surface area contributed by atoms with E-state index in [2.05, 4.69) is 13.8 Å². The summed E-state index contributed by atoms with van der Waals surface area (Å²) in [6.45, 7) is 4.64. The molecule has 7 heteroatoms. The summed E-state index contributed by atoms with van der Waals surface area (Å²) in [7, 11) is -4.66. The second-order valence-corrected chi connectivity index (χ2v) is 10.9. The van der Waals surface area contributed by atoms with Crippen LogP contribution < -0.4 is 29.6 Å². The first-order chi connectivity index (χ1) is 15.4. The van der Waals surface area contributed by atoms with E-state index in [1.165, 1.54) is 83.5 Å². The van der Waals surface area contributed by atoms with Crippen LogP contribution in [0.15, 0.2) is 0 Å². The van der Waals surface area contributed by atoms with Crippen molar-refractivity contribution in [1.29, 1.82) is 0 Å². The molecule has 1 unspecified atom stereocenters. The molecule has 192 valence electrons. The molecule has 0 spiro atoms. The topological polar surface area (TPSA) is 83.5 Å². The minimum absolute atomic E-state index is 0. The molecule has 0 aliphatic carbocycles. The van der Waals surface area contributed by atoms with Crippen molar-refractivity contribution >= 4 is 16.1 Å². The predicted octanol–water partition coefficient (Wildman–Crippen LogP) is 4.68. The Kier molecular flexibility index (Phi) is 27.4. The maximum absolute atomic E-state index is 12.1. The molecule has 0 aliphatic heterocycles. The molecule has 0 N–H and O–H groups in total. The van der Waals surface area contributed by atoms with E-state index in [0.29, 0.717) is 6.42 Å². The first-order valence-corrected chi connectivity index (χ1v) is 15.0. The Labute approximate surface area is 227 Å². The Balaban J connectivity index is 0. The number of hydrogen-bond donors (Lipinski definition) is 0. The van der Waals surface area contributed by atoms with Crippen LogP contribution in [0.3, 0.4) is 0 Å². The molecule has 0 heterocycles. The molecule has 33 heavy (non-hydrogen) atoms. The first-order valence-electron chi connectivity index (χ1n) is 13.5. The second-order valence-electron chi connectivity index (χ2n) is 9.30. The van der Waals surface area contributed by atoms with Gasteiger partial charge in [-0.15, -0.1) is 0 Å². The van der Waals surface area contributed by atoms with E-state index >= 15 is 0 Å². The molecular weight excluding hydrogens is 447 g/mol. The van der Waals surface area contributed by atoms with Gasteiger partial charge in [0.2, 0.25) is 0 Å². The molecule has 0 aromatic rings. The van der Waals surface area contributed by atoms with Crippen LogP contribution >= 0.6 is 0 Å². The third-order valence-electron chi connectivity index (χ3n) is 6.17. The van der Waals surface area contributed by atoms with E-state index in [1.807, 2.05) is 0 Å². The van der Waals surface area contributed by atoms with Gasteiger partial charge >= 0.3 is 35.5 Å². The van der Waals surface area contributed by atoms with E-state index in [0.717, 1.165) is 38.5 Å². The number of carbonyl (C=O) groups excluding carboxylic acids is 1. The zero-order valence-corrected chi connectivity index (χ0v) is 24.9. The predicted molar refractivity (Wildman–Crippen MR) is 133 cm³/mol. The van der Waals surface area contributed by atoms with Crippen molar-refractivity contribution in [2.75, 3.05) is 6.61 Å². The minimum Gasteiger partial charge on any atom is -0.747 e. The Bertz CT molecular complexity index is 525. The van der Waals surface area contributed by atoms with Gasteiger partial charge in [0.1, 0.15) is 15.4 Å². The summed E-state index contributed by atoms with van der Waals surface area (Å²) < 4.78 is 39.7. The summed E-state index contributed by atoms with van der Waals surface area (Å²) in [5, 5.41) is -1.54. The van der Waals surface area contributed by atoms with Gasteiger partial charge in [0.15, 0.2) is 0 Å². The van der Waals surface area contributed by atoms with Crippen molar-refractivity contribution in [2.24, 2.45) is 0 Å². The van der Waals surface area contributed by atoms with Gasteiger partial charge in [0, 0.05) is 0 Å². The number of unbranched alkanes of at least 4 members (excludes halogenated alkanes) is 18. The average Bonchev–Trinajstić information content (AvgIpc) is 2.74. The zero-order valence-electron chi connectivity index (χ0n) is 22.1. The molecule has 0 bridgehead atoms. The molecule has 0 aromatic carbocycles. The van der Waals surface area contributed by atoms with E-state index in [4.69, 9.17) is 4.74 Å². The molecule has 0 fully saturated rings. The summed E-state index contributed by atoms with van der Waals surface area (Å²) >= 11 is 0. The molecule has 0 saturated heterocycles. The van der Waals surface area contributed by atoms with Crippen molar-refractivity contribution in [3.8, 4) is 0 Å². The maximum Gasteiger partial charge on any atom is 1.00 e. The standard InChI is InChI=1S/C26H52O5S.Na/c1-3-5-7-9-11-13-15-17-19-21-23-25(32(28,29)30)26(27)31-24-22-20-18-16-14-12-10-8-6-4-2;/h25H,3-24H2,1-2H3,(H,28,29,30);/q;+1/p-1. The summed E-state index contributed by atoms with van der Waals surface area (Å²) in [5.41, 5.74) is 0. The monoisotopic (exact) mass is 498 g/mol. The van der Waals surface area contributed by atoms with Crippen molar-refractivity contribution in [3.05, 3.63) is 0 Å². The summed E-state index contributed by atoms with van der Waals surface area (Å²) in [6.07, 6.45) is 23.0. The normalized spacial score (nSPS) is 12.3. The first kappa shape index (κ1) is 35.5. The van der Waals surface area contributed by atoms with E-state index in [9.17, 15) is 17.8 Å². The fourth-order valence-corrected chi connectivity index (χ4v) is 4.81. The van der Waals surface area contributed by atoms with Gasteiger partial charge in [-0.1, -0.05) is 136 Å². The Hall–Kier alpha value is 0.380. The summed E-state index contributed by atoms with van der Waals surface area (Å²) in [5.74, 6) is -0.855. The Morgan fingerprint density at radius 2 is 0.970 bits per heavy atom. The van der Waals surface area contributed by atoms with Crippen LogP contribution in [0.25, 0.3) is 0 Å². The molecule has 1 atom stereocenters. The molecule has 5 nitrogen and oxygen atoms in total. The summed E-state index contributed by atoms with van der Waals surface area (Å²) in [6, 6.07) is 0. The van der Waals surface area contributed by atoms with Crippen molar-refractivity contribution in [1.82, 2.24) is 0 Å². The van der Waals surface area contributed by atoms with Crippen molar-refractivity contribution < 1.29 is 52.1 Å². The molecule has 0 saturated carbocycles. The summed E-state index contributed by atoms with van der Waals surface area (Å²) in [4.78, 5) is 12.1. The van der Waals surface area contributed by atoms with Gasteiger partial charge in [0.05, 0.1) is 6.61 Å². The number of carbonyl (C=O) groups is 1. The van der Waals surface area contributed by atoms with E-state index < -0.39 is 21.3 Å². The number of esters is 1. The van der Waals surface area contributed by atoms with Crippen LogP contribution in [0.1, 0.15) is 149 Å². The van der Waals surface area contributed by atoms with Gasteiger partial charge in [-0.2, -0.15) is 0 Å². The molecular formula is C26H51NaO5S. The molecule has 0 rings (SSSR count). The quantitative estimate of drug-likeness (QED) is 0.0835. The van der Waals surface area contributed by atoms with Gasteiger partial charge in [-0.05, 0) is 12.8 Å². The van der Waals surface area contributed by atoms with E-state index in [1.54, 1.807) is 0 Å². The van der Waals surface area contributed by atoms with Crippen molar-refractivity contribution in [3.63, 3.8) is 0 Å². The molecule has 0 amide bonds. The maximum atomic E-state index is 12.1. The third kappa shape index (κ3) is 23.9. The molecule has 0 aromatic heterocycles. The van der Waals surface area contributed by atoms with Crippen LogP contribution in [0.4, 0.5) is 0 Å². The zero-order chi connectivity index (χ0) is 23.9. The largest absolute Gasteiger partial charge is 1.00 e. The fourth-order valence-electron chi connectivity index (χ4n) is 4.05. The van der Waals surface area contributed by atoms with Crippen LogP contribution in [0.5, 0.6) is 0 Å². The van der Waals surface area contributed by atoms with Crippen LogP contribution in [-0.4, -0.2) is 30.8 Å². The number of ether oxygens (including phenoxy) is 1. The smallest absolute Gasteiger partial charge is 0.747 e. The number of rotatable bonds is 24. The van der Waals surface area contributed by atoms with Gasteiger partial charge in [-0.3, -0.25) is 4.79 Å². The number of hydrogen-bond acceptors (Lipinski definition) is 5. The Morgan fingerprint density at radius 3 is 1.33 bits per heavy atom. The van der Waals surface area contributed by atoms with Crippen LogP contribution in [-0.2, 0) is 19.6 Å². The SMILES string of the molecule is CCCCCCCCCCCCOC(=O)C(CCCCCCCCCCCC)S(=O)(=O)[O-].[Na+]. The van der Waals surface area contributed by atoms with Gasteiger partial charge in [0.25, 0.3) is 0 Å². The average molecular weight is 499 g/mol. The Morgan fingerprint density at radius 1 is 0.636 bits per heavy atom. The van der Waals surface area contributed by atoms with E-state index in [-0.39, 0.29) is 42.6 Å². The van der Waals surface area contributed by atoms with Crippen LogP contribution in [0, 0.1) is 0 Å². The van der Waals surface area contributed by atoms with Gasteiger partial charge in [-0.25, -0.2) is 8.42 Å².